The van der Waals surface area contributed by atoms with Crippen LogP contribution in [0.1, 0.15) is 20.7 Å². The quantitative estimate of drug-likeness (QED) is 0.231. The molecule has 4 aromatic rings. The van der Waals surface area contributed by atoms with Crippen LogP contribution in [0, 0.1) is 10.1 Å². The number of phenolic OH excluding ortho intramolecular Hbond substituents is 1. The van der Waals surface area contributed by atoms with E-state index in [0.29, 0.717) is 21.5 Å². The second-order valence-corrected chi connectivity index (χ2v) is 7.83. The van der Waals surface area contributed by atoms with Crippen molar-refractivity contribution in [3.05, 3.63) is 99.1 Å². The van der Waals surface area contributed by atoms with Gasteiger partial charge in [0.15, 0.2) is 0 Å². The lowest BCUT2D eigenvalue weighted by atomic mass is 9.91. The number of hydrogen-bond acceptors (Lipinski definition) is 6. The molecule has 2 amide bonds. The number of nitro benzene ring substituents is 1. The van der Waals surface area contributed by atoms with Crippen LogP contribution in [-0.2, 0) is 0 Å². The lowest BCUT2D eigenvalue weighted by molar-refractivity contribution is -0.383. The first kappa shape index (κ1) is 20.5. The number of nitrogens with zero attached hydrogens (tertiary/aromatic N) is 2. The minimum atomic E-state index is -0.685. The number of aromatic hydroxyl groups is 1. The Labute approximate surface area is 191 Å². The Morgan fingerprint density at radius 1 is 0.909 bits per heavy atom. The maximum Gasteiger partial charge on any atom is 0.294 e. The van der Waals surface area contributed by atoms with Gasteiger partial charge in [-0.25, -0.2) is 4.90 Å². The molecule has 0 fully saturated rings. The van der Waals surface area contributed by atoms with E-state index in [4.69, 9.17) is 11.6 Å². The average molecular weight is 460 g/mol. The van der Waals surface area contributed by atoms with E-state index >= 15 is 0 Å². The number of benzene rings is 4. The topological polar surface area (TPSA) is 113 Å². The first-order valence-corrected chi connectivity index (χ1v) is 10.2. The summed E-state index contributed by atoms with van der Waals surface area (Å²) in [5.41, 5.74) is 0.948. The van der Waals surface area contributed by atoms with Crippen molar-refractivity contribution < 1.29 is 19.6 Å². The van der Waals surface area contributed by atoms with Gasteiger partial charge >= 0.3 is 0 Å². The molecular formula is C24H14ClN3O5. The van der Waals surface area contributed by atoms with Gasteiger partial charge in [0, 0.05) is 33.1 Å². The van der Waals surface area contributed by atoms with Gasteiger partial charge in [0.25, 0.3) is 17.5 Å². The third kappa shape index (κ3) is 3.33. The Bertz CT molecular complexity index is 1470. The number of hydrogen-bond donors (Lipinski definition) is 2. The van der Waals surface area contributed by atoms with Gasteiger partial charge < -0.3 is 10.4 Å². The number of phenols is 1. The number of carbonyl (C=O) groups is 2. The van der Waals surface area contributed by atoms with E-state index in [9.17, 15) is 24.8 Å². The van der Waals surface area contributed by atoms with Gasteiger partial charge in [-0.3, -0.25) is 19.7 Å². The number of rotatable bonds is 4. The van der Waals surface area contributed by atoms with Gasteiger partial charge in [0.05, 0.1) is 16.2 Å². The Kier molecular flexibility index (Phi) is 4.72. The third-order valence-corrected chi connectivity index (χ3v) is 5.68. The van der Waals surface area contributed by atoms with Gasteiger partial charge in [-0.15, -0.1) is 0 Å². The molecule has 1 aliphatic rings. The molecule has 1 heterocycles. The van der Waals surface area contributed by atoms with E-state index in [1.807, 2.05) is 0 Å². The molecule has 0 radical (unpaired) electrons. The second-order valence-electron chi connectivity index (χ2n) is 7.40. The molecule has 0 spiro atoms. The van der Waals surface area contributed by atoms with Crippen LogP contribution >= 0.6 is 11.6 Å². The second kappa shape index (κ2) is 7.61. The van der Waals surface area contributed by atoms with Crippen molar-refractivity contribution >= 4 is 56.9 Å². The van der Waals surface area contributed by atoms with Crippen LogP contribution < -0.4 is 10.2 Å². The normalized spacial score (nSPS) is 12.8. The summed E-state index contributed by atoms with van der Waals surface area (Å²) in [6, 6.07) is 18.2. The summed E-state index contributed by atoms with van der Waals surface area (Å²) < 4.78 is 0. The monoisotopic (exact) mass is 459 g/mol. The first-order valence-electron chi connectivity index (χ1n) is 9.79. The molecular weight excluding hydrogens is 446 g/mol. The van der Waals surface area contributed by atoms with Gasteiger partial charge in [0.2, 0.25) is 0 Å². The molecule has 33 heavy (non-hydrogen) atoms. The summed E-state index contributed by atoms with van der Waals surface area (Å²) in [7, 11) is 0. The van der Waals surface area contributed by atoms with Gasteiger partial charge in [0.1, 0.15) is 11.4 Å². The molecule has 2 N–H and O–H groups in total. The number of carbonyl (C=O) groups excluding carboxylic acids is 2. The summed E-state index contributed by atoms with van der Waals surface area (Å²) in [6.07, 6.45) is 0. The van der Waals surface area contributed by atoms with Crippen LogP contribution in [0.4, 0.5) is 22.7 Å². The molecule has 0 atom stereocenters. The predicted octanol–water partition coefficient (Wildman–Crippen LogP) is 5.65. The zero-order valence-electron chi connectivity index (χ0n) is 16.8. The Morgan fingerprint density at radius 3 is 2.24 bits per heavy atom. The molecule has 0 unspecified atom stereocenters. The molecule has 9 heteroatoms. The number of anilines is 3. The van der Waals surface area contributed by atoms with Crippen molar-refractivity contribution in [1.29, 1.82) is 0 Å². The van der Waals surface area contributed by atoms with E-state index in [2.05, 4.69) is 5.32 Å². The lowest BCUT2D eigenvalue weighted by Gasteiger charge is -2.28. The average Bonchev–Trinajstić information content (AvgIpc) is 2.80. The van der Waals surface area contributed by atoms with Crippen LogP contribution in [0.25, 0.3) is 10.8 Å². The molecule has 8 nitrogen and oxygen atoms in total. The standard InChI is InChI=1S/C24H14ClN3O5/c25-13-4-6-14(7-5-13)26-22-17-2-1-3-18-21(17)19(12-20(22)28(32)33)24(31)27(23(18)30)15-8-10-16(29)11-9-15/h1-12,26,29H. The van der Waals surface area contributed by atoms with Crippen LogP contribution in [0.2, 0.25) is 5.02 Å². The van der Waals surface area contributed by atoms with Crippen molar-refractivity contribution in [2.45, 2.75) is 0 Å². The van der Waals surface area contributed by atoms with Crippen molar-refractivity contribution in [3.8, 4) is 5.75 Å². The molecule has 162 valence electrons. The first-order chi connectivity index (χ1) is 15.8. The minimum Gasteiger partial charge on any atom is -0.508 e. The molecule has 0 aromatic heterocycles. The molecule has 0 saturated heterocycles. The zero-order valence-corrected chi connectivity index (χ0v) is 17.5. The highest BCUT2D eigenvalue weighted by molar-refractivity contribution is 6.37. The van der Waals surface area contributed by atoms with E-state index in [1.54, 1.807) is 42.5 Å². The molecule has 5 rings (SSSR count). The fourth-order valence-corrected chi connectivity index (χ4v) is 4.06. The number of nitrogens with one attached hydrogen (secondary N) is 1. The van der Waals surface area contributed by atoms with Gasteiger partial charge in [-0.1, -0.05) is 23.7 Å². The van der Waals surface area contributed by atoms with Gasteiger partial charge in [-0.2, -0.15) is 0 Å². The summed E-state index contributed by atoms with van der Waals surface area (Å²) in [5, 5.41) is 25.8. The Morgan fingerprint density at radius 2 is 1.58 bits per heavy atom. The van der Waals surface area contributed by atoms with E-state index in [0.717, 1.165) is 4.90 Å². The number of imide groups is 1. The van der Waals surface area contributed by atoms with Crippen LogP contribution in [0.3, 0.4) is 0 Å². The van der Waals surface area contributed by atoms with Crippen LogP contribution in [0.5, 0.6) is 5.75 Å². The van der Waals surface area contributed by atoms with Crippen molar-refractivity contribution in [1.82, 2.24) is 0 Å². The largest absolute Gasteiger partial charge is 0.508 e. The Hall–Kier alpha value is -4.43. The molecule has 0 aliphatic carbocycles. The predicted molar refractivity (Wildman–Crippen MR) is 125 cm³/mol. The summed E-state index contributed by atoms with van der Waals surface area (Å²) in [5.74, 6) is -1.27. The smallest absolute Gasteiger partial charge is 0.294 e. The Balaban J connectivity index is 1.74. The lowest BCUT2D eigenvalue weighted by Crippen LogP contribution is -2.40. The number of nitro groups is 1. The molecule has 1 aliphatic heterocycles. The van der Waals surface area contributed by atoms with Crippen molar-refractivity contribution in [2.75, 3.05) is 10.2 Å². The summed E-state index contributed by atoms with van der Waals surface area (Å²) in [6.45, 7) is 0. The van der Waals surface area contributed by atoms with E-state index < -0.39 is 16.7 Å². The van der Waals surface area contributed by atoms with E-state index in [-0.39, 0.29) is 33.9 Å². The molecule has 0 saturated carbocycles. The SMILES string of the molecule is O=C1c2cccc3c(Nc4ccc(Cl)cc4)c([N+](=O)[O-])cc(c23)C(=O)N1c1ccc(O)cc1. The zero-order chi connectivity index (χ0) is 23.3. The number of halogens is 1. The van der Waals surface area contributed by atoms with Crippen molar-refractivity contribution in [2.24, 2.45) is 0 Å². The van der Waals surface area contributed by atoms with E-state index in [1.165, 1.54) is 30.3 Å². The van der Waals surface area contributed by atoms with Crippen LogP contribution in [0.15, 0.2) is 72.8 Å². The maximum absolute atomic E-state index is 13.4. The minimum absolute atomic E-state index is 0.0216. The summed E-state index contributed by atoms with van der Waals surface area (Å²) >= 11 is 5.93. The molecule has 4 aromatic carbocycles. The fourth-order valence-electron chi connectivity index (χ4n) is 3.94. The number of amides is 2. The highest BCUT2D eigenvalue weighted by Gasteiger charge is 2.37. The van der Waals surface area contributed by atoms with Gasteiger partial charge in [-0.05, 0) is 54.6 Å². The highest BCUT2D eigenvalue weighted by Crippen LogP contribution is 2.42. The fraction of sp³-hybridized carbons (Fsp3) is 0. The molecule has 0 bridgehead atoms. The summed E-state index contributed by atoms with van der Waals surface area (Å²) in [4.78, 5) is 39.0. The maximum atomic E-state index is 13.4. The van der Waals surface area contributed by atoms with Crippen molar-refractivity contribution in [3.63, 3.8) is 0 Å². The highest BCUT2D eigenvalue weighted by atomic mass is 35.5. The third-order valence-electron chi connectivity index (χ3n) is 5.43. The van der Waals surface area contributed by atoms with Crippen LogP contribution in [-0.4, -0.2) is 21.8 Å².